The molecule has 134 valence electrons. The second-order valence-corrected chi connectivity index (χ2v) is 7.29. The lowest BCUT2D eigenvalue weighted by Crippen LogP contribution is -2.21. The van der Waals surface area contributed by atoms with Crippen LogP contribution in [0.4, 0.5) is 5.00 Å². The van der Waals surface area contributed by atoms with Crippen molar-refractivity contribution >= 4 is 39.8 Å². The highest BCUT2D eigenvalue weighted by Crippen LogP contribution is 2.33. The van der Waals surface area contributed by atoms with Gasteiger partial charge in [0.25, 0.3) is 5.91 Å². The Kier molecular flexibility index (Phi) is 6.08. The van der Waals surface area contributed by atoms with Crippen LogP contribution in [0.1, 0.15) is 31.9 Å². The van der Waals surface area contributed by atoms with Crippen LogP contribution in [-0.4, -0.2) is 25.6 Å². The highest BCUT2D eigenvalue weighted by atomic mass is 35.5. The number of anilines is 1. The largest absolute Gasteiger partial charge is 0.484 e. The molecule has 1 heterocycles. The standard InChI is InChI=1S/C18H20ClNO4S/c1-9-6-13(7-10(2)16(9)19)24-8-14(21)20-17-15(18(22)23-5)11(3)12(4)25-17/h6-7H,8H2,1-5H3,(H,20,21). The molecule has 0 aliphatic carbocycles. The number of carbonyl (C=O) groups is 2. The monoisotopic (exact) mass is 381 g/mol. The average molecular weight is 382 g/mol. The van der Waals surface area contributed by atoms with Crippen molar-refractivity contribution in [2.24, 2.45) is 0 Å². The van der Waals surface area contributed by atoms with Gasteiger partial charge in [0.1, 0.15) is 10.8 Å². The maximum Gasteiger partial charge on any atom is 0.341 e. The van der Waals surface area contributed by atoms with E-state index in [4.69, 9.17) is 21.1 Å². The Bertz CT molecular complexity index is 806. The Hall–Kier alpha value is -2.05. The molecule has 0 saturated heterocycles. The van der Waals surface area contributed by atoms with Crippen LogP contribution in [0.15, 0.2) is 12.1 Å². The second-order valence-electron chi connectivity index (χ2n) is 5.69. The lowest BCUT2D eigenvalue weighted by molar-refractivity contribution is -0.118. The Labute approximate surface area is 155 Å². The number of ether oxygens (including phenoxy) is 2. The minimum atomic E-state index is -0.470. The molecule has 0 aliphatic heterocycles. The second kappa shape index (κ2) is 7.89. The number of amides is 1. The summed E-state index contributed by atoms with van der Waals surface area (Å²) in [5, 5.41) is 3.88. The van der Waals surface area contributed by atoms with Crippen LogP contribution in [-0.2, 0) is 9.53 Å². The number of benzene rings is 1. The maximum absolute atomic E-state index is 12.2. The summed E-state index contributed by atoms with van der Waals surface area (Å²) >= 11 is 7.46. The summed E-state index contributed by atoms with van der Waals surface area (Å²) in [6.45, 7) is 7.29. The molecular formula is C18H20ClNO4S. The summed E-state index contributed by atoms with van der Waals surface area (Å²) < 4.78 is 10.3. The molecule has 7 heteroatoms. The molecule has 1 aromatic carbocycles. The summed E-state index contributed by atoms with van der Waals surface area (Å²) in [7, 11) is 1.31. The Balaban J connectivity index is 2.09. The molecule has 1 N–H and O–H groups in total. The third-order valence-corrected chi connectivity index (χ3v) is 5.53. The fourth-order valence-corrected chi connectivity index (χ4v) is 3.54. The lowest BCUT2D eigenvalue weighted by atomic mass is 10.1. The van der Waals surface area contributed by atoms with Gasteiger partial charge in [0, 0.05) is 9.90 Å². The molecule has 0 saturated carbocycles. The third-order valence-electron chi connectivity index (χ3n) is 3.81. The van der Waals surface area contributed by atoms with Crippen molar-refractivity contribution in [3.63, 3.8) is 0 Å². The molecule has 5 nitrogen and oxygen atoms in total. The predicted molar refractivity (Wildman–Crippen MR) is 100 cm³/mol. The van der Waals surface area contributed by atoms with Gasteiger partial charge in [-0.25, -0.2) is 4.79 Å². The van der Waals surface area contributed by atoms with Gasteiger partial charge in [-0.3, -0.25) is 4.79 Å². The van der Waals surface area contributed by atoms with Crippen LogP contribution in [0.25, 0.3) is 0 Å². The number of hydrogen-bond donors (Lipinski definition) is 1. The van der Waals surface area contributed by atoms with E-state index in [0.29, 0.717) is 21.3 Å². The number of thiophene rings is 1. The van der Waals surface area contributed by atoms with Gasteiger partial charge in [0.15, 0.2) is 6.61 Å². The molecule has 0 radical (unpaired) electrons. The highest BCUT2D eigenvalue weighted by molar-refractivity contribution is 7.16. The zero-order chi connectivity index (χ0) is 18.7. The topological polar surface area (TPSA) is 64.6 Å². The molecule has 2 rings (SSSR count). The van der Waals surface area contributed by atoms with Crippen molar-refractivity contribution in [3.8, 4) is 5.75 Å². The van der Waals surface area contributed by atoms with Crippen molar-refractivity contribution in [2.45, 2.75) is 27.7 Å². The van der Waals surface area contributed by atoms with E-state index in [1.165, 1.54) is 18.4 Å². The fraction of sp³-hybridized carbons (Fsp3) is 0.333. The van der Waals surface area contributed by atoms with Crippen LogP contribution < -0.4 is 10.1 Å². The number of carbonyl (C=O) groups excluding carboxylic acids is 2. The van der Waals surface area contributed by atoms with E-state index in [9.17, 15) is 9.59 Å². The zero-order valence-corrected chi connectivity index (χ0v) is 16.4. The zero-order valence-electron chi connectivity index (χ0n) is 14.8. The summed E-state index contributed by atoms with van der Waals surface area (Å²) in [5.74, 6) is -0.250. The molecule has 25 heavy (non-hydrogen) atoms. The number of aryl methyl sites for hydroxylation is 3. The molecule has 0 unspecified atom stereocenters. The SMILES string of the molecule is COC(=O)c1c(NC(=O)COc2cc(C)c(Cl)c(C)c2)sc(C)c1C. The molecule has 2 aromatic rings. The van der Waals surface area contributed by atoms with Crippen LogP contribution in [0.5, 0.6) is 5.75 Å². The lowest BCUT2D eigenvalue weighted by Gasteiger charge is -2.10. The van der Waals surface area contributed by atoms with E-state index in [-0.39, 0.29) is 12.5 Å². The van der Waals surface area contributed by atoms with Crippen LogP contribution in [0.3, 0.4) is 0 Å². The maximum atomic E-state index is 12.2. The van der Waals surface area contributed by atoms with E-state index in [2.05, 4.69) is 5.32 Å². The minimum absolute atomic E-state index is 0.170. The normalized spacial score (nSPS) is 10.5. The van der Waals surface area contributed by atoms with Crippen LogP contribution >= 0.6 is 22.9 Å². The van der Waals surface area contributed by atoms with Gasteiger partial charge in [0.05, 0.1) is 12.7 Å². The third kappa shape index (κ3) is 4.32. The molecule has 0 fully saturated rings. The molecule has 0 aliphatic rings. The first kappa shape index (κ1) is 19.3. The van der Waals surface area contributed by atoms with E-state index < -0.39 is 5.97 Å². The first-order valence-corrected chi connectivity index (χ1v) is 8.81. The number of nitrogens with one attached hydrogen (secondary N) is 1. The van der Waals surface area contributed by atoms with Crippen molar-refractivity contribution in [1.82, 2.24) is 0 Å². The van der Waals surface area contributed by atoms with Gasteiger partial charge < -0.3 is 14.8 Å². The minimum Gasteiger partial charge on any atom is -0.484 e. The van der Waals surface area contributed by atoms with Gasteiger partial charge in [-0.15, -0.1) is 11.3 Å². The van der Waals surface area contributed by atoms with Gasteiger partial charge in [-0.2, -0.15) is 0 Å². The molecule has 0 bridgehead atoms. The number of halogens is 1. The number of esters is 1. The number of hydrogen-bond acceptors (Lipinski definition) is 5. The highest BCUT2D eigenvalue weighted by Gasteiger charge is 2.21. The summed E-state index contributed by atoms with van der Waals surface area (Å²) in [4.78, 5) is 25.1. The van der Waals surface area contributed by atoms with Crippen LogP contribution in [0.2, 0.25) is 5.02 Å². The van der Waals surface area contributed by atoms with E-state index >= 15 is 0 Å². The number of methoxy groups -OCH3 is 1. The van der Waals surface area contributed by atoms with E-state index in [1.54, 1.807) is 12.1 Å². The molecule has 1 aromatic heterocycles. The van der Waals surface area contributed by atoms with E-state index in [1.807, 2.05) is 27.7 Å². The smallest absolute Gasteiger partial charge is 0.341 e. The van der Waals surface area contributed by atoms with Gasteiger partial charge in [-0.05, 0) is 56.5 Å². The molecule has 0 spiro atoms. The van der Waals surface area contributed by atoms with Crippen molar-refractivity contribution in [3.05, 3.63) is 44.3 Å². The Morgan fingerprint density at radius 2 is 1.76 bits per heavy atom. The van der Waals surface area contributed by atoms with Gasteiger partial charge in [0.2, 0.25) is 0 Å². The molecule has 0 atom stereocenters. The van der Waals surface area contributed by atoms with E-state index in [0.717, 1.165) is 21.6 Å². The summed E-state index contributed by atoms with van der Waals surface area (Å²) in [6, 6.07) is 3.56. The first-order valence-electron chi connectivity index (χ1n) is 7.62. The van der Waals surface area contributed by atoms with Crippen molar-refractivity contribution in [2.75, 3.05) is 19.0 Å². The Morgan fingerprint density at radius 1 is 1.16 bits per heavy atom. The summed E-state index contributed by atoms with van der Waals surface area (Å²) in [6.07, 6.45) is 0. The fourth-order valence-electron chi connectivity index (χ4n) is 2.36. The first-order chi connectivity index (χ1) is 11.7. The quantitative estimate of drug-likeness (QED) is 0.777. The summed E-state index contributed by atoms with van der Waals surface area (Å²) in [5.41, 5.74) is 2.96. The molecule has 1 amide bonds. The van der Waals surface area contributed by atoms with Crippen molar-refractivity contribution < 1.29 is 19.1 Å². The van der Waals surface area contributed by atoms with Gasteiger partial charge >= 0.3 is 5.97 Å². The molecular weight excluding hydrogens is 362 g/mol. The predicted octanol–water partition coefficient (Wildman–Crippen LogP) is 4.44. The Morgan fingerprint density at radius 3 is 2.32 bits per heavy atom. The average Bonchev–Trinajstić information content (AvgIpc) is 2.83. The van der Waals surface area contributed by atoms with Gasteiger partial charge in [-0.1, -0.05) is 11.6 Å². The van der Waals surface area contributed by atoms with Crippen molar-refractivity contribution in [1.29, 1.82) is 0 Å². The number of rotatable bonds is 5. The van der Waals surface area contributed by atoms with Crippen LogP contribution in [0, 0.1) is 27.7 Å².